The molecule has 29 heavy (non-hydrogen) atoms. The number of halogens is 5. The Bertz CT molecular complexity index is 1130. The van der Waals surface area contributed by atoms with Gasteiger partial charge in [-0.15, -0.1) is 8.78 Å². The summed E-state index contributed by atoms with van der Waals surface area (Å²) >= 11 is 6.15. The number of fused-ring (bicyclic) bond motifs is 1. The lowest BCUT2D eigenvalue weighted by molar-refractivity contribution is -0.286. The summed E-state index contributed by atoms with van der Waals surface area (Å²) in [5.74, 6) is -3.25. The van der Waals surface area contributed by atoms with E-state index in [0.29, 0.717) is 0 Å². The van der Waals surface area contributed by atoms with Crippen LogP contribution in [0.15, 0.2) is 36.4 Å². The lowest BCUT2D eigenvalue weighted by Crippen LogP contribution is -2.25. The molecule has 3 aromatic rings. The fourth-order valence-corrected chi connectivity index (χ4v) is 3.04. The molecule has 11 heteroatoms. The molecule has 0 aliphatic carbocycles. The third-order valence-corrected chi connectivity index (χ3v) is 4.39. The van der Waals surface area contributed by atoms with E-state index < -0.39 is 29.5 Å². The van der Waals surface area contributed by atoms with Crippen molar-refractivity contribution in [3.63, 3.8) is 0 Å². The molecule has 0 fully saturated rings. The standard InChI is InChI=1S/C18H10ClF4N3O3/c1-26-13(8-5-14-15(6-9(8)19)29-18(22,23)28-14)7-12(25-26)17(27)24-16-10(20)3-2-4-11(16)21/h2-7H,1H3,(H,24,27). The van der Waals surface area contributed by atoms with Crippen LogP contribution in [0.2, 0.25) is 5.02 Å². The van der Waals surface area contributed by atoms with Crippen LogP contribution < -0.4 is 14.8 Å². The first kappa shape index (κ1) is 19.1. The van der Waals surface area contributed by atoms with Gasteiger partial charge in [-0.3, -0.25) is 9.48 Å². The number of carbonyl (C=O) groups excluding carboxylic acids is 1. The molecular weight excluding hydrogens is 418 g/mol. The summed E-state index contributed by atoms with van der Waals surface area (Å²) in [6, 6.07) is 6.79. The Morgan fingerprint density at radius 1 is 1.14 bits per heavy atom. The van der Waals surface area contributed by atoms with Crippen molar-refractivity contribution in [2.75, 3.05) is 5.32 Å². The number of alkyl halides is 2. The van der Waals surface area contributed by atoms with E-state index in [9.17, 15) is 22.4 Å². The zero-order chi connectivity index (χ0) is 20.9. The molecule has 6 nitrogen and oxygen atoms in total. The number of ether oxygens (including phenoxy) is 2. The fraction of sp³-hybridized carbons (Fsp3) is 0.111. The molecule has 0 saturated carbocycles. The van der Waals surface area contributed by atoms with Gasteiger partial charge in [0.25, 0.3) is 5.91 Å². The number of hydrogen-bond donors (Lipinski definition) is 1. The minimum absolute atomic E-state index is 0.0418. The molecule has 150 valence electrons. The Morgan fingerprint density at radius 2 is 1.76 bits per heavy atom. The molecule has 0 saturated heterocycles. The van der Waals surface area contributed by atoms with Crippen LogP contribution in [0.4, 0.5) is 23.2 Å². The van der Waals surface area contributed by atoms with E-state index in [4.69, 9.17) is 11.6 Å². The third kappa shape index (κ3) is 3.46. The summed E-state index contributed by atoms with van der Waals surface area (Å²) in [6.45, 7) is 0. The van der Waals surface area contributed by atoms with Crippen molar-refractivity contribution >= 4 is 23.2 Å². The lowest BCUT2D eigenvalue weighted by Gasteiger charge is -2.06. The molecule has 0 unspecified atom stereocenters. The highest BCUT2D eigenvalue weighted by Crippen LogP contribution is 2.46. The fourth-order valence-electron chi connectivity index (χ4n) is 2.79. The van der Waals surface area contributed by atoms with Crippen molar-refractivity contribution in [2.24, 2.45) is 7.05 Å². The first-order valence-electron chi connectivity index (χ1n) is 8.04. The average molecular weight is 428 g/mol. The summed E-state index contributed by atoms with van der Waals surface area (Å²) < 4.78 is 64.0. The van der Waals surface area contributed by atoms with Gasteiger partial charge in [-0.25, -0.2) is 8.78 Å². The van der Waals surface area contributed by atoms with E-state index in [1.807, 2.05) is 0 Å². The summed E-state index contributed by atoms with van der Waals surface area (Å²) in [4.78, 5) is 12.4. The van der Waals surface area contributed by atoms with E-state index >= 15 is 0 Å². The smallest absolute Gasteiger partial charge is 0.395 e. The Balaban J connectivity index is 1.67. The number of anilines is 1. The number of para-hydroxylation sites is 1. The molecule has 0 radical (unpaired) electrons. The summed E-state index contributed by atoms with van der Waals surface area (Å²) in [6.07, 6.45) is -3.81. The number of rotatable bonds is 3. The number of nitrogens with one attached hydrogen (secondary N) is 1. The highest BCUT2D eigenvalue weighted by molar-refractivity contribution is 6.33. The van der Waals surface area contributed by atoms with Crippen molar-refractivity contribution in [3.8, 4) is 22.8 Å². The summed E-state index contributed by atoms with van der Waals surface area (Å²) in [5, 5.41) is 6.14. The molecule has 4 rings (SSSR count). The van der Waals surface area contributed by atoms with Crippen LogP contribution in [0.3, 0.4) is 0 Å². The SMILES string of the molecule is Cn1nc(C(=O)Nc2c(F)cccc2F)cc1-c1cc2c(cc1Cl)OC(F)(F)O2. The van der Waals surface area contributed by atoms with Crippen molar-refractivity contribution in [2.45, 2.75) is 6.29 Å². The monoisotopic (exact) mass is 427 g/mol. The highest BCUT2D eigenvalue weighted by atomic mass is 35.5. The first-order chi connectivity index (χ1) is 13.6. The van der Waals surface area contributed by atoms with Crippen LogP contribution in [0, 0.1) is 11.6 Å². The number of carbonyl (C=O) groups is 1. The lowest BCUT2D eigenvalue weighted by atomic mass is 10.1. The van der Waals surface area contributed by atoms with E-state index in [1.165, 1.54) is 23.9 Å². The molecule has 1 aliphatic heterocycles. The Kier molecular flexibility index (Phi) is 4.38. The second-order valence-corrected chi connectivity index (χ2v) is 6.44. The molecule has 1 amide bonds. The van der Waals surface area contributed by atoms with E-state index in [2.05, 4.69) is 19.9 Å². The maximum Gasteiger partial charge on any atom is 0.586 e. The molecule has 0 spiro atoms. The van der Waals surface area contributed by atoms with Crippen LogP contribution in [-0.2, 0) is 7.05 Å². The number of nitrogens with zero attached hydrogens (tertiary/aromatic N) is 2. The minimum atomic E-state index is -3.81. The van der Waals surface area contributed by atoms with Gasteiger partial charge < -0.3 is 14.8 Å². The Morgan fingerprint density at radius 3 is 2.41 bits per heavy atom. The maximum absolute atomic E-state index is 13.7. The van der Waals surface area contributed by atoms with Gasteiger partial charge in [0, 0.05) is 18.7 Å². The minimum Gasteiger partial charge on any atom is -0.395 e. The maximum atomic E-state index is 13.7. The van der Waals surface area contributed by atoms with E-state index in [1.54, 1.807) is 0 Å². The molecular formula is C18H10ClF4N3O3. The third-order valence-electron chi connectivity index (χ3n) is 4.08. The average Bonchev–Trinajstić information content (AvgIpc) is 3.15. The topological polar surface area (TPSA) is 65.4 Å². The molecule has 1 N–H and O–H groups in total. The van der Waals surface area contributed by atoms with Crippen LogP contribution in [0.25, 0.3) is 11.3 Å². The molecule has 2 aromatic carbocycles. The number of aryl methyl sites for hydroxylation is 1. The summed E-state index contributed by atoms with van der Waals surface area (Å²) in [7, 11) is 1.48. The normalized spacial score (nSPS) is 14.1. The van der Waals surface area contributed by atoms with Gasteiger partial charge in [0.05, 0.1) is 10.7 Å². The summed E-state index contributed by atoms with van der Waals surface area (Å²) in [5.41, 5.74) is -0.286. The number of benzene rings is 2. The predicted molar refractivity (Wildman–Crippen MR) is 94.2 cm³/mol. The highest BCUT2D eigenvalue weighted by Gasteiger charge is 2.44. The zero-order valence-electron chi connectivity index (χ0n) is 14.5. The quantitative estimate of drug-likeness (QED) is 0.621. The van der Waals surface area contributed by atoms with Crippen molar-refractivity contribution in [1.82, 2.24) is 9.78 Å². The second-order valence-electron chi connectivity index (χ2n) is 6.04. The van der Waals surface area contributed by atoms with Gasteiger partial charge in [-0.2, -0.15) is 5.10 Å². The van der Waals surface area contributed by atoms with Crippen molar-refractivity contribution in [3.05, 3.63) is 58.7 Å². The Hall–Kier alpha value is -3.27. The molecule has 0 bridgehead atoms. The van der Waals surface area contributed by atoms with Crippen molar-refractivity contribution < 1.29 is 31.8 Å². The van der Waals surface area contributed by atoms with Crippen LogP contribution >= 0.6 is 11.6 Å². The van der Waals surface area contributed by atoms with Crippen LogP contribution in [0.1, 0.15) is 10.5 Å². The van der Waals surface area contributed by atoms with Crippen LogP contribution in [-0.4, -0.2) is 22.0 Å². The Labute approximate surface area is 165 Å². The van der Waals surface area contributed by atoms with Gasteiger partial charge in [-0.1, -0.05) is 17.7 Å². The zero-order valence-corrected chi connectivity index (χ0v) is 15.2. The largest absolute Gasteiger partial charge is 0.586 e. The van der Waals surface area contributed by atoms with Crippen LogP contribution in [0.5, 0.6) is 11.5 Å². The van der Waals surface area contributed by atoms with Gasteiger partial charge in [-0.05, 0) is 24.3 Å². The molecule has 2 heterocycles. The molecule has 1 aliphatic rings. The molecule has 0 atom stereocenters. The number of aromatic nitrogens is 2. The van der Waals surface area contributed by atoms with Gasteiger partial charge in [0.2, 0.25) is 0 Å². The van der Waals surface area contributed by atoms with Gasteiger partial charge in [0.1, 0.15) is 17.3 Å². The molecule has 1 aromatic heterocycles. The second kappa shape index (κ2) is 6.66. The number of hydrogen-bond acceptors (Lipinski definition) is 4. The first-order valence-corrected chi connectivity index (χ1v) is 8.41. The van der Waals surface area contributed by atoms with Gasteiger partial charge >= 0.3 is 6.29 Å². The van der Waals surface area contributed by atoms with Gasteiger partial charge in [0.15, 0.2) is 17.2 Å². The van der Waals surface area contributed by atoms with Crippen molar-refractivity contribution in [1.29, 1.82) is 0 Å². The van der Waals surface area contributed by atoms with E-state index in [0.717, 1.165) is 24.3 Å². The predicted octanol–water partition coefficient (Wildman–Crippen LogP) is 4.59. The number of amides is 1. The van der Waals surface area contributed by atoms with E-state index in [-0.39, 0.29) is 33.5 Å².